The third kappa shape index (κ3) is 5.15. The lowest BCUT2D eigenvalue weighted by Crippen LogP contribution is -2.30. The predicted octanol–water partition coefficient (Wildman–Crippen LogP) is 3.74. The standard InChI is InChI=1S/C21H24ClN5O5S/c1-4-26(5-2)33(31,32)15-7-9-18-17(13-15)24-20(25(18)3)10-11-21(28)23-14-6-8-16(22)19(12-14)27(29)30/h6-9,12-13H,4-5,10-11H2,1-3H3,(H,23,28). The number of amides is 1. The third-order valence-electron chi connectivity index (χ3n) is 5.29. The second-order valence-corrected chi connectivity index (χ2v) is 9.64. The molecule has 0 aliphatic heterocycles. The van der Waals surface area contributed by atoms with Crippen LogP contribution in [0.2, 0.25) is 5.02 Å². The fourth-order valence-corrected chi connectivity index (χ4v) is 5.17. The molecule has 0 saturated heterocycles. The lowest BCUT2D eigenvalue weighted by atomic mass is 10.2. The molecule has 176 valence electrons. The van der Waals surface area contributed by atoms with E-state index >= 15 is 0 Å². The molecule has 0 radical (unpaired) electrons. The van der Waals surface area contributed by atoms with E-state index in [2.05, 4.69) is 10.3 Å². The first-order valence-electron chi connectivity index (χ1n) is 10.3. The number of sulfonamides is 1. The Kier molecular flexibility index (Phi) is 7.35. The lowest BCUT2D eigenvalue weighted by Gasteiger charge is -2.18. The van der Waals surface area contributed by atoms with Gasteiger partial charge in [0, 0.05) is 44.7 Å². The fourth-order valence-electron chi connectivity index (χ4n) is 3.51. The van der Waals surface area contributed by atoms with Crippen molar-refractivity contribution in [3.63, 3.8) is 0 Å². The van der Waals surface area contributed by atoms with Gasteiger partial charge in [0.1, 0.15) is 10.8 Å². The highest BCUT2D eigenvalue weighted by Gasteiger charge is 2.23. The molecule has 0 unspecified atom stereocenters. The molecule has 2 aromatic carbocycles. The first-order valence-corrected chi connectivity index (χ1v) is 12.1. The summed E-state index contributed by atoms with van der Waals surface area (Å²) in [6.07, 6.45) is 0.378. The molecule has 1 heterocycles. The highest BCUT2D eigenvalue weighted by atomic mass is 35.5. The van der Waals surface area contributed by atoms with Gasteiger partial charge in [0.25, 0.3) is 5.69 Å². The van der Waals surface area contributed by atoms with Crippen molar-refractivity contribution in [2.75, 3.05) is 18.4 Å². The number of anilines is 1. The number of nitro groups is 1. The molecule has 0 fully saturated rings. The number of nitrogens with zero attached hydrogens (tertiary/aromatic N) is 4. The van der Waals surface area contributed by atoms with Crippen molar-refractivity contribution < 1.29 is 18.1 Å². The van der Waals surface area contributed by atoms with E-state index in [1.54, 1.807) is 39.1 Å². The van der Waals surface area contributed by atoms with E-state index in [4.69, 9.17) is 11.6 Å². The van der Waals surface area contributed by atoms with E-state index in [-0.39, 0.29) is 33.6 Å². The van der Waals surface area contributed by atoms with Gasteiger partial charge in [0.05, 0.1) is 20.9 Å². The van der Waals surface area contributed by atoms with Crippen molar-refractivity contribution in [3.8, 4) is 0 Å². The van der Waals surface area contributed by atoms with E-state index in [9.17, 15) is 23.3 Å². The van der Waals surface area contributed by atoms with Crippen molar-refractivity contribution in [3.05, 3.63) is 57.4 Å². The number of benzene rings is 2. The zero-order valence-electron chi connectivity index (χ0n) is 18.4. The van der Waals surface area contributed by atoms with Crippen LogP contribution in [0.25, 0.3) is 11.0 Å². The van der Waals surface area contributed by atoms with E-state index in [0.717, 1.165) is 5.52 Å². The number of imidazole rings is 1. The van der Waals surface area contributed by atoms with Crippen LogP contribution in [0.3, 0.4) is 0 Å². The van der Waals surface area contributed by atoms with Gasteiger partial charge in [-0.3, -0.25) is 14.9 Å². The van der Waals surface area contributed by atoms with Crippen LogP contribution in [0.1, 0.15) is 26.1 Å². The maximum Gasteiger partial charge on any atom is 0.289 e. The molecule has 0 spiro atoms. The van der Waals surface area contributed by atoms with Crippen LogP contribution in [0.4, 0.5) is 11.4 Å². The van der Waals surface area contributed by atoms with Gasteiger partial charge in [-0.25, -0.2) is 13.4 Å². The molecule has 0 bridgehead atoms. The number of nitro benzene ring substituents is 1. The van der Waals surface area contributed by atoms with Gasteiger partial charge < -0.3 is 9.88 Å². The smallest absolute Gasteiger partial charge is 0.289 e. The van der Waals surface area contributed by atoms with Gasteiger partial charge in [-0.15, -0.1) is 0 Å². The van der Waals surface area contributed by atoms with Crippen LogP contribution in [0.5, 0.6) is 0 Å². The zero-order chi connectivity index (χ0) is 24.3. The summed E-state index contributed by atoms with van der Waals surface area (Å²) < 4.78 is 28.8. The summed E-state index contributed by atoms with van der Waals surface area (Å²) in [7, 11) is -1.81. The number of rotatable bonds is 9. The second kappa shape index (κ2) is 9.86. The van der Waals surface area contributed by atoms with Crippen LogP contribution in [-0.4, -0.2) is 46.2 Å². The maximum absolute atomic E-state index is 12.8. The SMILES string of the molecule is CCN(CC)S(=O)(=O)c1ccc2c(c1)nc(CCC(=O)Nc1ccc(Cl)c([N+](=O)[O-])c1)n2C. The summed E-state index contributed by atoms with van der Waals surface area (Å²) >= 11 is 5.79. The molecule has 0 aliphatic carbocycles. The highest BCUT2D eigenvalue weighted by molar-refractivity contribution is 7.89. The fraction of sp³-hybridized carbons (Fsp3) is 0.333. The summed E-state index contributed by atoms with van der Waals surface area (Å²) in [5.74, 6) is 0.267. The van der Waals surface area contributed by atoms with Crippen LogP contribution in [0, 0.1) is 10.1 Å². The Bertz CT molecular complexity index is 1320. The Labute approximate surface area is 196 Å². The maximum atomic E-state index is 12.8. The van der Waals surface area contributed by atoms with Gasteiger partial charge in [-0.1, -0.05) is 25.4 Å². The van der Waals surface area contributed by atoms with Crippen LogP contribution < -0.4 is 5.32 Å². The van der Waals surface area contributed by atoms with E-state index in [0.29, 0.717) is 30.9 Å². The summed E-state index contributed by atoms with van der Waals surface area (Å²) in [5, 5.41) is 13.6. The monoisotopic (exact) mass is 493 g/mol. The third-order valence-corrected chi connectivity index (χ3v) is 7.66. The molecule has 1 aromatic heterocycles. The molecule has 1 N–H and O–H groups in total. The number of aryl methyl sites for hydroxylation is 2. The number of hydrogen-bond acceptors (Lipinski definition) is 6. The molecule has 3 aromatic rings. The normalized spacial score (nSPS) is 11.8. The summed E-state index contributed by atoms with van der Waals surface area (Å²) in [4.78, 5) is 27.4. The van der Waals surface area contributed by atoms with E-state index < -0.39 is 14.9 Å². The molecule has 0 atom stereocenters. The van der Waals surface area contributed by atoms with Crippen LogP contribution in [-0.2, 0) is 28.3 Å². The molecule has 0 saturated carbocycles. The van der Waals surface area contributed by atoms with E-state index in [1.165, 1.54) is 22.5 Å². The Morgan fingerprint density at radius 2 is 1.91 bits per heavy atom. The molecule has 0 aliphatic rings. The minimum atomic E-state index is -3.61. The number of halogens is 1. The van der Waals surface area contributed by atoms with Crippen molar-refractivity contribution in [2.24, 2.45) is 7.05 Å². The minimum Gasteiger partial charge on any atom is -0.331 e. The molecule has 3 rings (SSSR count). The van der Waals surface area contributed by atoms with Gasteiger partial charge >= 0.3 is 0 Å². The summed E-state index contributed by atoms with van der Waals surface area (Å²) in [5.41, 5.74) is 1.25. The average Bonchev–Trinajstić information content (AvgIpc) is 3.09. The van der Waals surface area contributed by atoms with Crippen molar-refractivity contribution in [1.29, 1.82) is 0 Å². The molecular weight excluding hydrogens is 470 g/mol. The van der Waals surface area contributed by atoms with Gasteiger partial charge in [-0.2, -0.15) is 4.31 Å². The first kappa shape index (κ1) is 24.6. The van der Waals surface area contributed by atoms with E-state index in [1.807, 2.05) is 4.57 Å². The highest BCUT2D eigenvalue weighted by Crippen LogP contribution is 2.27. The molecule has 33 heavy (non-hydrogen) atoms. The molecule has 12 heteroatoms. The summed E-state index contributed by atoms with van der Waals surface area (Å²) in [6.45, 7) is 4.31. The van der Waals surface area contributed by atoms with Crippen LogP contribution in [0.15, 0.2) is 41.3 Å². The zero-order valence-corrected chi connectivity index (χ0v) is 20.0. The van der Waals surface area contributed by atoms with Gasteiger partial charge in [0.2, 0.25) is 15.9 Å². The number of fused-ring (bicyclic) bond motifs is 1. The largest absolute Gasteiger partial charge is 0.331 e. The number of hydrogen-bond donors (Lipinski definition) is 1. The topological polar surface area (TPSA) is 127 Å². The minimum absolute atomic E-state index is 0.0138. The van der Waals surface area contributed by atoms with Crippen molar-refractivity contribution in [2.45, 2.75) is 31.6 Å². The number of aromatic nitrogens is 2. The van der Waals surface area contributed by atoms with Crippen molar-refractivity contribution in [1.82, 2.24) is 13.9 Å². The Balaban J connectivity index is 1.76. The quantitative estimate of drug-likeness (QED) is 0.357. The Hall–Kier alpha value is -3.02. The van der Waals surface area contributed by atoms with Crippen LogP contribution >= 0.6 is 11.6 Å². The van der Waals surface area contributed by atoms with Gasteiger partial charge in [-0.05, 0) is 30.3 Å². The molecule has 10 nitrogen and oxygen atoms in total. The number of carbonyl (C=O) groups is 1. The number of nitrogens with one attached hydrogen (secondary N) is 1. The molecular formula is C21H24ClN5O5S. The Morgan fingerprint density at radius 3 is 2.55 bits per heavy atom. The summed E-state index contributed by atoms with van der Waals surface area (Å²) in [6, 6.07) is 8.84. The van der Waals surface area contributed by atoms with Gasteiger partial charge in [0.15, 0.2) is 0 Å². The average molecular weight is 494 g/mol. The molecule has 1 amide bonds. The lowest BCUT2D eigenvalue weighted by molar-refractivity contribution is -0.384. The van der Waals surface area contributed by atoms with Crippen molar-refractivity contribution >= 4 is 49.9 Å². The first-order chi connectivity index (χ1) is 15.6. The predicted molar refractivity (Wildman–Crippen MR) is 126 cm³/mol. The second-order valence-electron chi connectivity index (χ2n) is 7.30. The number of carbonyl (C=O) groups excluding carboxylic acids is 1. The Morgan fingerprint density at radius 1 is 1.21 bits per heavy atom.